The molecule has 5 N–H and O–H groups in total. The third-order valence-electron chi connectivity index (χ3n) is 8.55. The molecule has 0 bridgehead atoms. The molecular formula is C36H42N6O6. The lowest BCUT2D eigenvalue weighted by Gasteiger charge is -2.29. The van der Waals surface area contributed by atoms with Crippen molar-refractivity contribution in [2.45, 2.75) is 71.4 Å². The molecule has 0 aliphatic heterocycles. The number of hydrogen-bond acceptors (Lipinski definition) is 7. The van der Waals surface area contributed by atoms with Crippen LogP contribution in [0.4, 0.5) is 10.5 Å². The van der Waals surface area contributed by atoms with Crippen LogP contribution in [0.5, 0.6) is 0 Å². The van der Waals surface area contributed by atoms with Gasteiger partial charge in [0.05, 0.1) is 5.56 Å². The number of hydrogen-bond donors (Lipinski definition) is 5. The largest absolute Gasteiger partial charge is 0.478 e. The molecule has 3 amide bonds. The molecule has 252 valence electrons. The highest BCUT2D eigenvalue weighted by Gasteiger charge is 2.30. The number of fused-ring (bicyclic) bond motifs is 1. The van der Waals surface area contributed by atoms with Gasteiger partial charge in [-0.3, -0.25) is 9.59 Å². The molecule has 12 heteroatoms. The average Bonchev–Trinajstić information content (AvgIpc) is 3.51. The summed E-state index contributed by atoms with van der Waals surface area (Å²) in [6, 6.07) is 17.1. The van der Waals surface area contributed by atoms with Crippen LogP contribution >= 0.6 is 0 Å². The smallest absolute Gasteiger partial charge is 0.407 e. The molecule has 1 aliphatic carbocycles. The standard InChI is InChI=1S/C36H42N6O6/c1-21-17-26(34(45)46)13-15-28(21)24-9-5-22(6-10-24)18-31(33(44)38-27-14-16-29-30(19-27)41-42-40-29)39-32(43)25-11-7-23(8-12-25)20-37-35(47)48-36(2,3)4/h5-6,9-10,13-17,19,23,25,31H,7-8,11-12,18,20H2,1-4H3,(H,37,47)(H,38,44)(H,39,43)(H,45,46)(H,40,41,42)/t23?,25?,31-/m0/s1. The maximum Gasteiger partial charge on any atom is 0.407 e. The number of rotatable bonds is 10. The Bertz CT molecular complexity index is 1790. The van der Waals surface area contributed by atoms with Crippen LogP contribution in [0.1, 0.15) is 67.9 Å². The number of H-pyrrole nitrogens is 1. The topological polar surface area (TPSA) is 175 Å². The monoisotopic (exact) mass is 654 g/mol. The average molecular weight is 655 g/mol. The Kier molecular flexibility index (Phi) is 10.4. The number of ether oxygens (including phenoxy) is 1. The summed E-state index contributed by atoms with van der Waals surface area (Å²) in [5.41, 5.74) is 4.99. The van der Waals surface area contributed by atoms with E-state index in [1.165, 1.54) is 0 Å². The van der Waals surface area contributed by atoms with E-state index in [4.69, 9.17) is 4.74 Å². The van der Waals surface area contributed by atoms with Gasteiger partial charge in [-0.05, 0) is 112 Å². The van der Waals surface area contributed by atoms with Gasteiger partial charge in [-0.2, -0.15) is 15.4 Å². The quantitative estimate of drug-likeness (QED) is 0.146. The van der Waals surface area contributed by atoms with E-state index in [0.717, 1.165) is 35.1 Å². The number of alkyl carbamates (subject to hydrolysis) is 1. The molecule has 12 nitrogen and oxygen atoms in total. The number of aryl methyl sites for hydroxylation is 1. The van der Waals surface area contributed by atoms with Crippen LogP contribution in [-0.2, 0) is 20.7 Å². The van der Waals surface area contributed by atoms with Crippen molar-refractivity contribution in [1.82, 2.24) is 26.0 Å². The van der Waals surface area contributed by atoms with Crippen molar-refractivity contribution in [2.75, 3.05) is 11.9 Å². The Morgan fingerprint density at radius 3 is 2.31 bits per heavy atom. The number of nitrogens with one attached hydrogen (secondary N) is 4. The lowest BCUT2D eigenvalue weighted by atomic mass is 9.81. The minimum atomic E-state index is -0.976. The zero-order valence-corrected chi connectivity index (χ0v) is 27.6. The lowest BCUT2D eigenvalue weighted by molar-refractivity contribution is -0.130. The molecule has 0 spiro atoms. The normalized spacial score (nSPS) is 16.9. The minimum Gasteiger partial charge on any atom is -0.478 e. The molecule has 5 rings (SSSR count). The molecule has 1 saturated carbocycles. The van der Waals surface area contributed by atoms with Gasteiger partial charge in [0.25, 0.3) is 0 Å². The van der Waals surface area contributed by atoms with E-state index in [-0.39, 0.29) is 35.6 Å². The van der Waals surface area contributed by atoms with E-state index < -0.39 is 23.7 Å². The highest BCUT2D eigenvalue weighted by Crippen LogP contribution is 2.29. The van der Waals surface area contributed by atoms with E-state index >= 15 is 0 Å². The first-order valence-corrected chi connectivity index (χ1v) is 16.2. The zero-order valence-electron chi connectivity index (χ0n) is 27.6. The van der Waals surface area contributed by atoms with Gasteiger partial charge in [0.15, 0.2) is 0 Å². The van der Waals surface area contributed by atoms with Gasteiger partial charge in [-0.1, -0.05) is 30.3 Å². The number of nitrogens with zero attached hydrogens (tertiary/aromatic N) is 2. The summed E-state index contributed by atoms with van der Waals surface area (Å²) in [7, 11) is 0. The summed E-state index contributed by atoms with van der Waals surface area (Å²) in [5, 5.41) is 28.8. The van der Waals surface area contributed by atoms with Crippen LogP contribution in [0.3, 0.4) is 0 Å². The lowest BCUT2D eigenvalue weighted by Crippen LogP contribution is -2.48. The van der Waals surface area contributed by atoms with E-state index in [1.807, 2.05) is 52.0 Å². The van der Waals surface area contributed by atoms with Gasteiger partial charge in [0.2, 0.25) is 11.8 Å². The summed E-state index contributed by atoms with van der Waals surface area (Å²) in [6.07, 6.45) is 2.67. The molecule has 1 atom stereocenters. The molecular weight excluding hydrogens is 612 g/mol. The third-order valence-corrected chi connectivity index (χ3v) is 8.55. The number of carboxylic acid groups (broad SMARTS) is 1. The number of carboxylic acids is 1. The molecule has 1 aromatic heterocycles. The Hall–Kier alpha value is -5.26. The molecule has 1 heterocycles. The number of aromatic nitrogens is 3. The van der Waals surface area contributed by atoms with Crippen LogP contribution in [0, 0.1) is 18.8 Å². The second-order valence-corrected chi connectivity index (χ2v) is 13.4. The van der Waals surface area contributed by atoms with E-state index in [2.05, 4.69) is 31.4 Å². The molecule has 0 unspecified atom stereocenters. The highest BCUT2D eigenvalue weighted by atomic mass is 16.6. The molecule has 1 fully saturated rings. The van der Waals surface area contributed by atoms with Crippen molar-refractivity contribution in [3.05, 3.63) is 77.4 Å². The summed E-state index contributed by atoms with van der Waals surface area (Å²) in [5.74, 6) is -1.51. The van der Waals surface area contributed by atoms with Crippen LogP contribution in [-0.4, -0.2) is 62.6 Å². The van der Waals surface area contributed by atoms with Gasteiger partial charge in [-0.15, -0.1) is 0 Å². The number of amides is 3. The van der Waals surface area contributed by atoms with Crippen molar-refractivity contribution in [2.24, 2.45) is 11.8 Å². The maximum atomic E-state index is 13.7. The molecule has 0 saturated heterocycles. The van der Waals surface area contributed by atoms with Gasteiger partial charge < -0.3 is 25.8 Å². The van der Waals surface area contributed by atoms with Crippen LogP contribution in [0.2, 0.25) is 0 Å². The maximum absolute atomic E-state index is 13.7. The van der Waals surface area contributed by atoms with Gasteiger partial charge >= 0.3 is 12.1 Å². The van der Waals surface area contributed by atoms with Gasteiger partial charge in [0, 0.05) is 24.6 Å². The molecule has 3 aromatic carbocycles. The van der Waals surface area contributed by atoms with Crippen molar-refractivity contribution >= 4 is 40.6 Å². The molecule has 4 aromatic rings. The Morgan fingerprint density at radius 1 is 0.938 bits per heavy atom. The van der Waals surface area contributed by atoms with E-state index in [9.17, 15) is 24.3 Å². The third kappa shape index (κ3) is 8.96. The molecule has 48 heavy (non-hydrogen) atoms. The number of benzene rings is 3. The Morgan fingerprint density at radius 2 is 1.65 bits per heavy atom. The SMILES string of the molecule is Cc1cc(C(=O)O)ccc1-c1ccc(C[C@H](NC(=O)C2CCC(CNC(=O)OC(C)(C)C)CC2)C(=O)Nc2ccc3n[nH]nc3c2)cc1. The fraction of sp³-hybridized carbons (Fsp3) is 0.389. The predicted octanol–water partition coefficient (Wildman–Crippen LogP) is 5.63. The summed E-state index contributed by atoms with van der Waals surface area (Å²) < 4.78 is 5.33. The first kappa shape index (κ1) is 34.1. The van der Waals surface area contributed by atoms with Crippen molar-refractivity contribution < 1.29 is 29.0 Å². The number of aromatic carboxylic acids is 1. The minimum absolute atomic E-state index is 0.175. The van der Waals surface area contributed by atoms with Crippen LogP contribution in [0.25, 0.3) is 22.2 Å². The van der Waals surface area contributed by atoms with E-state index in [1.54, 1.807) is 36.4 Å². The summed E-state index contributed by atoms with van der Waals surface area (Å²) in [4.78, 5) is 50.6. The zero-order chi connectivity index (χ0) is 34.4. The number of carbonyl (C=O) groups excluding carboxylic acids is 3. The second-order valence-electron chi connectivity index (χ2n) is 13.4. The summed E-state index contributed by atoms with van der Waals surface area (Å²) >= 11 is 0. The van der Waals surface area contributed by atoms with Crippen molar-refractivity contribution in [1.29, 1.82) is 0 Å². The number of anilines is 1. The first-order chi connectivity index (χ1) is 22.8. The number of aromatic amines is 1. The highest BCUT2D eigenvalue weighted by molar-refractivity contribution is 5.98. The van der Waals surface area contributed by atoms with E-state index in [0.29, 0.717) is 36.1 Å². The van der Waals surface area contributed by atoms with Crippen LogP contribution < -0.4 is 16.0 Å². The fourth-order valence-electron chi connectivity index (χ4n) is 5.99. The fourth-order valence-corrected chi connectivity index (χ4v) is 5.99. The number of carbonyl (C=O) groups is 4. The van der Waals surface area contributed by atoms with Gasteiger partial charge in [-0.25, -0.2) is 9.59 Å². The molecule has 1 aliphatic rings. The molecule has 0 radical (unpaired) electrons. The van der Waals surface area contributed by atoms with Gasteiger partial charge in [0.1, 0.15) is 22.7 Å². The predicted molar refractivity (Wildman–Crippen MR) is 181 cm³/mol. The Labute approximate surface area is 279 Å². The second kappa shape index (κ2) is 14.7. The Balaban J connectivity index is 1.25. The first-order valence-electron chi connectivity index (χ1n) is 16.2. The van der Waals surface area contributed by atoms with Crippen molar-refractivity contribution in [3.8, 4) is 11.1 Å². The van der Waals surface area contributed by atoms with Crippen molar-refractivity contribution in [3.63, 3.8) is 0 Å². The summed E-state index contributed by atoms with van der Waals surface area (Å²) in [6.45, 7) is 7.81. The van der Waals surface area contributed by atoms with Crippen LogP contribution in [0.15, 0.2) is 60.7 Å².